The van der Waals surface area contributed by atoms with Crippen molar-refractivity contribution in [2.24, 2.45) is 11.8 Å². The summed E-state index contributed by atoms with van der Waals surface area (Å²) in [7, 11) is 0. The molecule has 0 aromatic carbocycles. The van der Waals surface area contributed by atoms with Gasteiger partial charge in [-0.25, -0.2) is 4.98 Å². The molecule has 1 aliphatic carbocycles. The number of hydrogen-bond acceptors (Lipinski definition) is 7. The van der Waals surface area contributed by atoms with Crippen LogP contribution >= 0.6 is 11.3 Å². The van der Waals surface area contributed by atoms with Gasteiger partial charge in [0.15, 0.2) is 5.13 Å². The van der Waals surface area contributed by atoms with Gasteiger partial charge in [0.25, 0.3) is 0 Å². The highest BCUT2D eigenvalue weighted by Crippen LogP contribution is 2.39. The minimum Gasteiger partial charge on any atom is -0.383 e. The number of aliphatic hydroxyl groups is 1. The molecular weight excluding hydrogens is 376 g/mol. The fourth-order valence-electron chi connectivity index (χ4n) is 5.14. The second kappa shape index (κ2) is 7.20. The lowest BCUT2D eigenvalue weighted by Crippen LogP contribution is -2.57. The molecule has 1 amide bonds. The van der Waals surface area contributed by atoms with E-state index in [0.29, 0.717) is 22.8 Å². The zero-order chi connectivity index (χ0) is 19.1. The van der Waals surface area contributed by atoms with Crippen LogP contribution in [-0.2, 0) is 16.9 Å². The molecule has 2 aromatic heterocycles. The fourth-order valence-corrected chi connectivity index (χ4v) is 5.67. The molecule has 28 heavy (non-hydrogen) atoms. The summed E-state index contributed by atoms with van der Waals surface area (Å²) in [6.07, 6.45) is 9.34. The van der Waals surface area contributed by atoms with E-state index in [1.807, 2.05) is 16.3 Å². The number of amides is 1. The van der Waals surface area contributed by atoms with Crippen molar-refractivity contribution in [2.45, 2.75) is 56.7 Å². The number of piperidine rings is 3. The van der Waals surface area contributed by atoms with Crippen LogP contribution in [0.15, 0.2) is 17.8 Å². The summed E-state index contributed by atoms with van der Waals surface area (Å²) >= 11 is 1.45. The Morgan fingerprint density at radius 2 is 2.25 bits per heavy atom. The molecule has 1 saturated carbocycles. The number of anilines is 1. The first-order valence-corrected chi connectivity index (χ1v) is 11.1. The summed E-state index contributed by atoms with van der Waals surface area (Å²) in [4.78, 5) is 19.3. The van der Waals surface area contributed by atoms with Gasteiger partial charge in [0.2, 0.25) is 5.91 Å². The van der Waals surface area contributed by atoms with Gasteiger partial charge < -0.3 is 10.4 Å². The fraction of sp³-hybridized carbons (Fsp3) is 0.684. The Bertz CT molecular complexity index is 831. The molecule has 2 N–H and O–H groups in total. The number of nitrogens with zero attached hydrogens (tertiary/aromatic N) is 5. The molecule has 4 fully saturated rings. The van der Waals surface area contributed by atoms with Crippen molar-refractivity contribution in [3.63, 3.8) is 0 Å². The maximum atomic E-state index is 12.7. The molecule has 150 valence electrons. The number of carbonyl (C=O) groups excluding carboxylic acids is 1. The Morgan fingerprint density at radius 1 is 1.39 bits per heavy atom. The van der Waals surface area contributed by atoms with Crippen LogP contribution in [0, 0.1) is 11.8 Å². The van der Waals surface area contributed by atoms with E-state index < -0.39 is 5.60 Å². The third-order valence-corrected chi connectivity index (χ3v) is 7.41. The van der Waals surface area contributed by atoms with Crippen LogP contribution < -0.4 is 5.32 Å². The van der Waals surface area contributed by atoms with Crippen molar-refractivity contribution in [1.29, 1.82) is 0 Å². The molecule has 4 aliphatic rings. The molecule has 5 heterocycles. The van der Waals surface area contributed by atoms with E-state index in [4.69, 9.17) is 0 Å². The summed E-state index contributed by atoms with van der Waals surface area (Å²) in [5.74, 6) is 0.519. The van der Waals surface area contributed by atoms with Gasteiger partial charge in [0.1, 0.15) is 11.3 Å². The highest BCUT2D eigenvalue weighted by Gasteiger charge is 2.43. The largest absolute Gasteiger partial charge is 0.383 e. The SMILES string of the molecule is O=C(Nc1nccs1)[C@@H]1CN2CC[C@H]1C[C@@H]2Cn1cc(C2(O)CCCC2)nn1. The van der Waals surface area contributed by atoms with Crippen molar-refractivity contribution < 1.29 is 9.90 Å². The molecule has 6 rings (SSSR count). The molecule has 4 atom stereocenters. The Hall–Kier alpha value is -1.84. The normalized spacial score (nSPS) is 31.2. The number of fused-ring (bicyclic) bond motifs is 3. The van der Waals surface area contributed by atoms with Crippen molar-refractivity contribution >= 4 is 22.4 Å². The Kier molecular flexibility index (Phi) is 4.68. The summed E-state index contributed by atoms with van der Waals surface area (Å²) < 4.78 is 1.88. The van der Waals surface area contributed by atoms with Crippen molar-refractivity contribution in [3.05, 3.63) is 23.5 Å². The van der Waals surface area contributed by atoms with E-state index >= 15 is 0 Å². The third-order valence-electron chi connectivity index (χ3n) is 6.72. The van der Waals surface area contributed by atoms with Crippen LogP contribution in [0.4, 0.5) is 5.13 Å². The first-order valence-electron chi connectivity index (χ1n) is 10.2. The molecule has 1 unspecified atom stereocenters. The summed E-state index contributed by atoms with van der Waals surface area (Å²) in [5.41, 5.74) is -0.0787. The minimum absolute atomic E-state index is 0.0272. The standard InChI is InChI=1S/C19H26N6O2S/c26-17(21-18-20-6-8-28-18)15-11-24-7-3-13(15)9-14(24)10-25-12-16(22-23-25)19(27)4-1-2-5-19/h6,8,12-15,27H,1-5,7,9-11H2,(H,20,21,26)/t13-,14+,15+/m0/s1. The van der Waals surface area contributed by atoms with Crippen LogP contribution in [0.3, 0.4) is 0 Å². The number of hydrogen-bond donors (Lipinski definition) is 2. The Balaban J connectivity index is 1.22. The van der Waals surface area contributed by atoms with Gasteiger partial charge in [-0.2, -0.15) is 0 Å². The molecule has 3 saturated heterocycles. The predicted molar refractivity (Wildman–Crippen MR) is 105 cm³/mol. The third kappa shape index (κ3) is 3.35. The molecule has 2 bridgehead atoms. The molecule has 3 aliphatic heterocycles. The molecule has 0 spiro atoms. The maximum absolute atomic E-state index is 12.7. The van der Waals surface area contributed by atoms with E-state index in [9.17, 15) is 9.90 Å². The average molecular weight is 403 g/mol. The number of nitrogens with one attached hydrogen (secondary N) is 1. The second-order valence-electron chi connectivity index (χ2n) is 8.43. The highest BCUT2D eigenvalue weighted by atomic mass is 32.1. The van der Waals surface area contributed by atoms with Crippen molar-refractivity contribution in [1.82, 2.24) is 24.9 Å². The lowest BCUT2D eigenvalue weighted by molar-refractivity contribution is -0.127. The minimum atomic E-state index is -0.789. The monoisotopic (exact) mass is 402 g/mol. The lowest BCUT2D eigenvalue weighted by Gasteiger charge is -2.49. The summed E-state index contributed by atoms with van der Waals surface area (Å²) in [5, 5.41) is 24.8. The predicted octanol–water partition coefficient (Wildman–Crippen LogP) is 1.85. The molecule has 8 nitrogen and oxygen atoms in total. The molecule has 2 aromatic rings. The number of thiazole rings is 1. The number of aromatic nitrogens is 4. The van der Waals surface area contributed by atoms with E-state index in [2.05, 4.69) is 25.5 Å². The maximum Gasteiger partial charge on any atom is 0.230 e. The molecule has 0 radical (unpaired) electrons. The zero-order valence-corrected chi connectivity index (χ0v) is 16.6. The van der Waals surface area contributed by atoms with Gasteiger partial charge in [0, 0.05) is 24.2 Å². The topological polar surface area (TPSA) is 96.2 Å². The van der Waals surface area contributed by atoms with Crippen LogP contribution in [0.2, 0.25) is 0 Å². The number of carbonyl (C=O) groups is 1. The first-order chi connectivity index (χ1) is 13.6. The van der Waals surface area contributed by atoms with E-state index in [1.165, 1.54) is 11.3 Å². The summed E-state index contributed by atoms with van der Waals surface area (Å²) in [6, 6.07) is 0.371. The van der Waals surface area contributed by atoms with Crippen LogP contribution in [0.25, 0.3) is 0 Å². The van der Waals surface area contributed by atoms with Gasteiger partial charge in [-0.15, -0.1) is 16.4 Å². The first kappa shape index (κ1) is 18.2. The van der Waals surface area contributed by atoms with E-state index in [1.54, 1.807) is 6.20 Å². The Labute approximate surface area is 168 Å². The molecule has 9 heteroatoms. The van der Waals surface area contributed by atoms with Crippen LogP contribution in [0.5, 0.6) is 0 Å². The van der Waals surface area contributed by atoms with E-state index in [-0.39, 0.29) is 11.8 Å². The Morgan fingerprint density at radius 3 is 2.96 bits per heavy atom. The van der Waals surface area contributed by atoms with Gasteiger partial charge in [-0.3, -0.25) is 14.4 Å². The highest BCUT2D eigenvalue weighted by molar-refractivity contribution is 7.13. The van der Waals surface area contributed by atoms with E-state index in [0.717, 1.165) is 58.2 Å². The lowest BCUT2D eigenvalue weighted by atomic mass is 9.75. The molecular formula is C19H26N6O2S. The van der Waals surface area contributed by atoms with Crippen LogP contribution in [0.1, 0.15) is 44.2 Å². The van der Waals surface area contributed by atoms with Gasteiger partial charge in [-0.05, 0) is 38.1 Å². The summed E-state index contributed by atoms with van der Waals surface area (Å²) in [6.45, 7) is 2.58. The van der Waals surface area contributed by atoms with Crippen LogP contribution in [-0.4, -0.2) is 55.0 Å². The van der Waals surface area contributed by atoms with Gasteiger partial charge in [-0.1, -0.05) is 18.1 Å². The second-order valence-corrected chi connectivity index (χ2v) is 9.33. The number of rotatable bonds is 5. The van der Waals surface area contributed by atoms with Gasteiger partial charge >= 0.3 is 0 Å². The van der Waals surface area contributed by atoms with Crippen molar-refractivity contribution in [2.75, 3.05) is 18.4 Å². The average Bonchev–Trinajstić information content (AvgIpc) is 3.45. The zero-order valence-electron chi connectivity index (χ0n) is 15.8. The van der Waals surface area contributed by atoms with Gasteiger partial charge in [0.05, 0.1) is 18.7 Å². The quantitative estimate of drug-likeness (QED) is 0.792. The van der Waals surface area contributed by atoms with Crippen molar-refractivity contribution in [3.8, 4) is 0 Å². The smallest absolute Gasteiger partial charge is 0.230 e.